The molecule has 4 nitrogen and oxygen atoms in total. The quantitative estimate of drug-likeness (QED) is 0.925. The molecular weight excluding hydrogens is 276 g/mol. The monoisotopic (exact) mass is 298 g/mol. The number of hydrogen-bond acceptors (Lipinski definition) is 2. The molecule has 1 amide bonds. The Balaban J connectivity index is 1.94. The van der Waals surface area contributed by atoms with Gasteiger partial charge >= 0.3 is 0 Å². The predicted molar refractivity (Wildman–Crippen MR) is 88.1 cm³/mol. The van der Waals surface area contributed by atoms with E-state index in [1.807, 2.05) is 23.1 Å². The van der Waals surface area contributed by atoms with Crippen molar-refractivity contribution in [2.75, 3.05) is 13.1 Å². The highest BCUT2D eigenvalue weighted by molar-refractivity contribution is 5.96. The third kappa shape index (κ3) is 2.65. The third-order valence-corrected chi connectivity index (χ3v) is 4.91. The SMILES string of the molecule is CCC1(C)CCCN(C(=O)c2cc3ccccc3c(=O)[nH]2)C1. The van der Waals surface area contributed by atoms with Gasteiger partial charge in [0, 0.05) is 18.5 Å². The summed E-state index contributed by atoms with van der Waals surface area (Å²) in [5, 5.41) is 1.43. The van der Waals surface area contributed by atoms with Gasteiger partial charge in [0.25, 0.3) is 11.5 Å². The average Bonchev–Trinajstić information content (AvgIpc) is 2.54. The van der Waals surface area contributed by atoms with Crippen molar-refractivity contribution in [1.29, 1.82) is 0 Å². The molecule has 1 unspecified atom stereocenters. The molecule has 0 spiro atoms. The Labute approximate surface area is 130 Å². The fraction of sp³-hybridized carbons (Fsp3) is 0.444. The van der Waals surface area contributed by atoms with Crippen LogP contribution in [0, 0.1) is 5.41 Å². The molecule has 1 aliphatic heterocycles. The summed E-state index contributed by atoms with van der Waals surface area (Å²) in [6.45, 7) is 5.93. The van der Waals surface area contributed by atoms with Crippen LogP contribution >= 0.6 is 0 Å². The lowest BCUT2D eigenvalue weighted by molar-refractivity contribution is 0.0537. The Hall–Kier alpha value is -2.10. The van der Waals surface area contributed by atoms with E-state index in [1.54, 1.807) is 12.1 Å². The first-order chi connectivity index (χ1) is 10.5. The van der Waals surface area contributed by atoms with Crippen LogP contribution in [0.1, 0.15) is 43.6 Å². The Morgan fingerprint density at radius 2 is 2.14 bits per heavy atom. The fourth-order valence-electron chi connectivity index (χ4n) is 3.27. The number of nitrogens with zero attached hydrogens (tertiary/aromatic N) is 1. The minimum Gasteiger partial charge on any atom is -0.337 e. The van der Waals surface area contributed by atoms with Crippen molar-refractivity contribution < 1.29 is 4.79 Å². The van der Waals surface area contributed by atoms with Gasteiger partial charge in [-0.25, -0.2) is 0 Å². The smallest absolute Gasteiger partial charge is 0.270 e. The maximum absolute atomic E-state index is 12.8. The van der Waals surface area contributed by atoms with Crippen molar-refractivity contribution in [3.05, 3.63) is 46.4 Å². The van der Waals surface area contributed by atoms with E-state index < -0.39 is 0 Å². The van der Waals surface area contributed by atoms with Gasteiger partial charge in [-0.2, -0.15) is 0 Å². The molecule has 1 N–H and O–H groups in total. The van der Waals surface area contributed by atoms with Crippen LogP contribution < -0.4 is 5.56 Å². The molecule has 1 aromatic carbocycles. The molecule has 0 aliphatic carbocycles. The van der Waals surface area contributed by atoms with Gasteiger partial charge in [-0.05, 0) is 42.2 Å². The van der Waals surface area contributed by atoms with Crippen molar-refractivity contribution in [1.82, 2.24) is 9.88 Å². The van der Waals surface area contributed by atoms with Gasteiger partial charge in [-0.3, -0.25) is 9.59 Å². The highest BCUT2D eigenvalue weighted by atomic mass is 16.2. The molecule has 2 heterocycles. The summed E-state index contributed by atoms with van der Waals surface area (Å²) >= 11 is 0. The number of H-pyrrole nitrogens is 1. The molecular formula is C18H22N2O2. The topological polar surface area (TPSA) is 53.2 Å². The number of rotatable bonds is 2. The summed E-state index contributed by atoms with van der Waals surface area (Å²) in [6.07, 6.45) is 3.24. The van der Waals surface area contributed by atoms with Crippen molar-refractivity contribution in [3.63, 3.8) is 0 Å². The van der Waals surface area contributed by atoms with E-state index in [0.29, 0.717) is 11.1 Å². The van der Waals surface area contributed by atoms with Gasteiger partial charge in [0.05, 0.1) is 0 Å². The van der Waals surface area contributed by atoms with E-state index in [9.17, 15) is 9.59 Å². The lowest BCUT2D eigenvalue weighted by Gasteiger charge is -2.40. The molecule has 1 saturated heterocycles. The Kier molecular flexibility index (Phi) is 3.77. The first-order valence-electron chi connectivity index (χ1n) is 7.94. The lowest BCUT2D eigenvalue weighted by atomic mass is 9.79. The summed E-state index contributed by atoms with van der Waals surface area (Å²) in [5.41, 5.74) is 0.381. The summed E-state index contributed by atoms with van der Waals surface area (Å²) in [4.78, 5) is 29.5. The van der Waals surface area contributed by atoms with Crippen LogP contribution in [-0.2, 0) is 0 Å². The van der Waals surface area contributed by atoms with Gasteiger partial charge in [-0.1, -0.05) is 32.0 Å². The van der Waals surface area contributed by atoms with E-state index in [-0.39, 0.29) is 16.9 Å². The number of hydrogen-bond donors (Lipinski definition) is 1. The second kappa shape index (κ2) is 5.59. The van der Waals surface area contributed by atoms with Gasteiger partial charge < -0.3 is 9.88 Å². The number of likely N-dealkylation sites (tertiary alicyclic amines) is 1. The molecule has 0 bridgehead atoms. The molecule has 1 fully saturated rings. The number of nitrogens with one attached hydrogen (secondary N) is 1. The third-order valence-electron chi connectivity index (χ3n) is 4.91. The van der Waals surface area contributed by atoms with Crippen LogP contribution in [0.15, 0.2) is 35.1 Å². The molecule has 1 aromatic heterocycles. The Bertz CT molecular complexity index is 765. The summed E-state index contributed by atoms with van der Waals surface area (Å²) in [7, 11) is 0. The molecule has 3 rings (SSSR count). The van der Waals surface area contributed by atoms with E-state index in [2.05, 4.69) is 18.8 Å². The number of benzene rings is 1. The van der Waals surface area contributed by atoms with Crippen LogP contribution in [0.3, 0.4) is 0 Å². The molecule has 0 saturated carbocycles. The summed E-state index contributed by atoms with van der Waals surface area (Å²) in [5.74, 6) is -0.0674. The first-order valence-corrected chi connectivity index (χ1v) is 7.94. The van der Waals surface area contributed by atoms with E-state index in [4.69, 9.17) is 0 Å². The second-order valence-electron chi connectivity index (χ2n) is 6.59. The summed E-state index contributed by atoms with van der Waals surface area (Å²) in [6, 6.07) is 9.14. The number of fused-ring (bicyclic) bond motifs is 1. The van der Waals surface area contributed by atoms with Crippen molar-refractivity contribution in [3.8, 4) is 0 Å². The molecule has 22 heavy (non-hydrogen) atoms. The number of pyridine rings is 1. The van der Waals surface area contributed by atoms with Crippen LogP contribution in [0.25, 0.3) is 10.8 Å². The number of amides is 1. The van der Waals surface area contributed by atoms with Gasteiger partial charge in [0.2, 0.25) is 0 Å². The van der Waals surface area contributed by atoms with E-state index >= 15 is 0 Å². The van der Waals surface area contributed by atoms with Crippen LogP contribution in [0.4, 0.5) is 0 Å². The van der Waals surface area contributed by atoms with Crippen LogP contribution in [0.5, 0.6) is 0 Å². The predicted octanol–water partition coefficient (Wildman–Crippen LogP) is 3.18. The Morgan fingerprint density at radius 1 is 1.36 bits per heavy atom. The molecule has 2 aromatic rings. The number of aromatic amines is 1. The van der Waals surface area contributed by atoms with Gasteiger partial charge in [0.15, 0.2) is 0 Å². The first kappa shape index (κ1) is 14.8. The molecule has 116 valence electrons. The second-order valence-corrected chi connectivity index (χ2v) is 6.59. The van der Waals surface area contributed by atoms with Crippen LogP contribution in [0.2, 0.25) is 0 Å². The largest absolute Gasteiger partial charge is 0.337 e. The number of aromatic nitrogens is 1. The Morgan fingerprint density at radius 3 is 2.91 bits per heavy atom. The zero-order valence-corrected chi connectivity index (χ0v) is 13.2. The molecule has 1 atom stereocenters. The van der Waals surface area contributed by atoms with Crippen molar-refractivity contribution in [2.45, 2.75) is 33.1 Å². The van der Waals surface area contributed by atoms with Crippen molar-refractivity contribution in [2.24, 2.45) is 5.41 Å². The zero-order valence-electron chi connectivity index (χ0n) is 13.2. The number of carbonyl (C=O) groups is 1. The normalized spacial score (nSPS) is 22.0. The maximum Gasteiger partial charge on any atom is 0.270 e. The minimum atomic E-state index is -0.197. The lowest BCUT2D eigenvalue weighted by Crippen LogP contribution is -2.45. The van der Waals surface area contributed by atoms with Gasteiger partial charge in [-0.15, -0.1) is 0 Å². The summed E-state index contributed by atoms with van der Waals surface area (Å²) < 4.78 is 0. The average molecular weight is 298 g/mol. The standard InChI is InChI=1S/C18H22N2O2/c1-3-18(2)9-6-10-20(12-18)17(22)15-11-13-7-4-5-8-14(13)16(21)19-15/h4-5,7-8,11H,3,6,9-10,12H2,1-2H3,(H,19,21). The molecule has 4 heteroatoms. The maximum atomic E-state index is 12.8. The van der Waals surface area contributed by atoms with Crippen molar-refractivity contribution >= 4 is 16.7 Å². The number of carbonyl (C=O) groups excluding carboxylic acids is 1. The molecule has 0 radical (unpaired) electrons. The zero-order chi connectivity index (χ0) is 15.7. The fourth-order valence-corrected chi connectivity index (χ4v) is 3.27. The van der Waals surface area contributed by atoms with Gasteiger partial charge in [0.1, 0.15) is 5.69 Å². The van der Waals surface area contributed by atoms with Crippen LogP contribution in [-0.4, -0.2) is 28.9 Å². The minimum absolute atomic E-state index is 0.0674. The van der Waals surface area contributed by atoms with E-state index in [1.165, 1.54) is 0 Å². The highest BCUT2D eigenvalue weighted by Crippen LogP contribution is 2.33. The van der Waals surface area contributed by atoms with E-state index in [0.717, 1.165) is 37.7 Å². The number of piperidine rings is 1. The highest BCUT2D eigenvalue weighted by Gasteiger charge is 2.32. The molecule has 1 aliphatic rings.